The molecule has 0 saturated carbocycles. The van der Waals surface area contributed by atoms with E-state index in [1.165, 1.54) is 6.07 Å². The summed E-state index contributed by atoms with van der Waals surface area (Å²) in [5.74, 6) is -0.567. The lowest BCUT2D eigenvalue weighted by molar-refractivity contribution is -0.137. The van der Waals surface area contributed by atoms with Gasteiger partial charge in [0.1, 0.15) is 6.10 Å². The fraction of sp³-hybridized carbons (Fsp3) is 0.462. The first kappa shape index (κ1) is 15.1. The maximum atomic E-state index is 12.9. The van der Waals surface area contributed by atoms with Crippen molar-refractivity contribution in [2.45, 2.75) is 38.1 Å². The van der Waals surface area contributed by atoms with Crippen LogP contribution in [0.1, 0.15) is 25.3 Å². The van der Waals surface area contributed by atoms with Crippen molar-refractivity contribution in [2.24, 2.45) is 0 Å². The van der Waals surface area contributed by atoms with Crippen LogP contribution in [0, 0.1) is 0 Å². The molecule has 0 spiro atoms. The van der Waals surface area contributed by atoms with E-state index in [-0.39, 0.29) is 16.8 Å². The molecular weight excluding hydrogens is 295 g/mol. The fourth-order valence-corrected chi connectivity index (χ4v) is 2.24. The molecule has 0 aromatic heterocycles. The Morgan fingerprint density at radius 2 is 2.10 bits per heavy atom. The molecule has 1 aliphatic heterocycles. The van der Waals surface area contributed by atoms with Crippen molar-refractivity contribution in [1.29, 1.82) is 0 Å². The SMILES string of the molecule is CC1CCC(C(=O)Nc2ccc(Cl)cc2C(F)(F)F)O1. The van der Waals surface area contributed by atoms with Crippen LogP contribution >= 0.6 is 11.6 Å². The van der Waals surface area contributed by atoms with Gasteiger partial charge < -0.3 is 10.1 Å². The Hall–Kier alpha value is -1.27. The van der Waals surface area contributed by atoms with Gasteiger partial charge >= 0.3 is 6.18 Å². The summed E-state index contributed by atoms with van der Waals surface area (Å²) >= 11 is 5.57. The van der Waals surface area contributed by atoms with Gasteiger partial charge in [-0.25, -0.2) is 0 Å². The van der Waals surface area contributed by atoms with Gasteiger partial charge in [-0.2, -0.15) is 13.2 Å². The molecular formula is C13H13ClF3NO2. The average molecular weight is 308 g/mol. The lowest BCUT2D eigenvalue weighted by atomic mass is 10.1. The molecule has 7 heteroatoms. The van der Waals surface area contributed by atoms with Crippen molar-refractivity contribution in [3.8, 4) is 0 Å². The number of anilines is 1. The van der Waals surface area contributed by atoms with Gasteiger partial charge in [-0.05, 0) is 38.0 Å². The number of rotatable bonds is 2. The van der Waals surface area contributed by atoms with Gasteiger partial charge in [-0.1, -0.05) is 11.6 Å². The van der Waals surface area contributed by atoms with Crippen LogP contribution < -0.4 is 5.32 Å². The van der Waals surface area contributed by atoms with Crippen molar-refractivity contribution < 1.29 is 22.7 Å². The third-order valence-corrected chi connectivity index (χ3v) is 3.30. The minimum Gasteiger partial charge on any atom is -0.365 e. The largest absolute Gasteiger partial charge is 0.418 e. The van der Waals surface area contributed by atoms with Gasteiger partial charge in [-0.15, -0.1) is 0 Å². The highest BCUT2D eigenvalue weighted by molar-refractivity contribution is 6.30. The lowest BCUT2D eigenvalue weighted by Crippen LogP contribution is -2.28. The van der Waals surface area contributed by atoms with Crippen LogP contribution in [0.3, 0.4) is 0 Å². The lowest BCUT2D eigenvalue weighted by Gasteiger charge is -2.16. The second kappa shape index (κ2) is 5.61. The third kappa shape index (κ3) is 3.43. The number of alkyl halides is 3. The number of hydrogen-bond acceptors (Lipinski definition) is 2. The number of hydrogen-bond donors (Lipinski definition) is 1. The summed E-state index contributed by atoms with van der Waals surface area (Å²) in [4.78, 5) is 11.9. The maximum absolute atomic E-state index is 12.9. The Kier molecular flexibility index (Phi) is 4.25. The minimum absolute atomic E-state index is 0.0407. The van der Waals surface area contributed by atoms with Crippen molar-refractivity contribution in [2.75, 3.05) is 5.32 Å². The predicted molar refractivity (Wildman–Crippen MR) is 68.7 cm³/mol. The topological polar surface area (TPSA) is 38.3 Å². The molecule has 110 valence electrons. The predicted octanol–water partition coefficient (Wildman–Crippen LogP) is 3.86. The molecule has 0 radical (unpaired) electrons. The second-order valence-electron chi connectivity index (χ2n) is 4.69. The van der Waals surface area contributed by atoms with Gasteiger partial charge in [0.2, 0.25) is 0 Å². The molecule has 1 saturated heterocycles. The standard InChI is InChI=1S/C13H13ClF3NO2/c1-7-2-5-11(20-7)12(19)18-10-4-3-8(14)6-9(10)13(15,16)17/h3-4,6-7,11H,2,5H2,1H3,(H,18,19). The summed E-state index contributed by atoms with van der Waals surface area (Å²) in [5, 5.41) is 2.22. The molecule has 2 atom stereocenters. The molecule has 0 bridgehead atoms. The van der Waals surface area contributed by atoms with E-state index in [1.807, 2.05) is 6.92 Å². The van der Waals surface area contributed by atoms with Crippen molar-refractivity contribution >= 4 is 23.2 Å². The zero-order valence-electron chi connectivity index (χ0n) is 10.6. The van der Waals surface area contributed by atoms with Crippen LogP contribution in [0.25, 0.3) is 0 Å². The minimum atomic E-state index is -4.59. The first-order valence-electron chi connectivity index (χ1n) is 6.10. The first-order valence-corrected chi connectivity index (χ1v) is 6.48. The molecule has 20 heavy (non-hydrogen) atoms. The molecule has 1 aromatic rings. The molecule has 1 aromatic carbocycles. The highest BCUT2D eigenvalue weighted by Crippen LogP contribution is 2.36. The normalized spacial score (nSPS) is 22.9. The number of carbonyl (C=O) groups excluding carboxylic acids is 1. The summed E-state index contributed by atoms with van der Waals surface area (Å²) in [6.07, 6.45) is -4.13. The number of carbonyl (C=O) groups is 1. The van der Waals surface area contributed by atoms with Crippen LogP contribution in [-0.2, 0) is 15.7 Å². The molecule has 1 N–H and O–H groups in total. The highest BCUT2D eigenvalue weighted by atomic mass is 35.5. The van der Waals surface area contributed by atoms with Gasteiger partial charge in [0.25, 0.3) is 5.91 Å². The van der Waals surface area contributed by atoms with Gasteiger partial charge in [-0.3, -0.25) is 4.79 Å². The van der Waals surface area contributed by atoms with Crippen molar-refractivity contribution in [3.05, 3.63) is 28.8 Å². The maximum Gasteiger partial charge on any atom is 0.418 e. The van der Waals surface area contributed by atoms with Crippen LogP contribution in [0.2, 0.25) is 5.02 Å². The smallest absolute Gasteiger partial charge is 0.365 e. The summed E-state index contributed by atoms with van der Waals surface area (Å²) in [6.45, 7) is 1.82. The molecule has 2 rings (SSSR count). The van der Waals surface area contributed by atoms with E-state index in [4.69, 9.17) is 16.3 Å². The molecule has 1 fully saturated rings. The van der Waals surface area contributed by atoms with Gasteiger partial charge in [0.05, 0.1) is 17.4 Å². The Bertz CT molecular complexity index is 519. The fourth-order valence-electron chi connectivity index (χ4n) is 2.07. The number of ether oxygens (including phenoxy) is 1. The quantitative estimate of drug-likeness (QED) is 0.901. The second-order valence-corrected chi connectivity index (χ2v) is 5.13. The van der Waals surface area contributed by atoms with Crippen LogP contribution in [0.15, 0.2) is 18.2 Å². The van der Waals surface area contributed by atoms with Crippen molar-refractivity contribution in [3.63, 3.8) is 0 Å². The number of halogens is 4. The first-order chi connectivity index (χ1) is 9.27. The molecule has 0 aliphatic carbocycles. The Balaban J connectivity index is 2.19. The zero-order chi connectivity index (χ0) is 14.9. The Labute approximate surface area is 119 Å². The molecule has 1 amide bonds. The number of amides is 1. The monoisotopic (exact) mass is 307 g/mol. The summed E-state index contributed by atoms with van der Waals surface area (Å²) in [6, 6.07) is 3.22. The third-order valence-electron chi connectivity index (χ3n) is 3.07. The van der Waals surface area contributed by atoms with Crippen LogP contribution in [-0.4, -0.2) is 18.1 Å². The average Bonchev–Trinajstić information content (AvgIpc) is 2.77. The molecule has 1 aliphatic rings. The van der Waals surface area contributed by atoms with Crippen LogP contribution in [0.5, 0.6) is 0 Å². The number of benzene rings is 1. The summed E-state index contributed by atoms with van der Waals surface area (Å²) in [7, 11) is 0. The highest BCUT2D eigenvalue weighted by Gasteiger charge is 2.35. The zero-order valence-corrected chi connectivity index (χ0v) is 11.4. The number of nitrogens with one attached hydrogen (secondary N) is 1. The summed E-state index contributed by atoms with van der Waals surface area (Å²) < 4.78 is 44.0. The van der Waals surface area contributed by atoms with Crippen LogP contribution in [0.4, 0.5) is 18.9 Å². The summed E-state index contributed by atoms with van der Waals surface area (Å²) in [5.41, 5.74) is -1.28. The van der Waals surface area contributed by atoms with E-state index in [0.717, 1.165) is 12.1 Å². The van der Waals surface area contributed by atoms with E-state index >= 15 is 0 Å². The Morgan fingerprint density at radius 3 is 2.65 bits per heavy atom. The van der Waals surface area contributed by atoms with Gasteiger partial charge in [0, 0.05) is 5.02 Å². The van der Waals surface area contributed by atoms with E-state index < -0.39 is 23.8 Å². The Morgan fingerprint density at radius 1 is 1.40 bits per heavy atom. The molecule has 1 heterocycles. The molecule has 3 nitrogen and oxygen atoms in total. The van der Waals surface area contributed by atoms with Gasteiger partial charge in [0.15, 0.2) is 0 Å². The molecule has 2 unspecified atom stereocenters. The van der Waals surface area contributed by atoms with E-state index in [1.54, 1.807) is 0 Å². The van der Waals surface area contributed by atoms with E-state index in [2.05, 4.69) is 5.32 Å². The van der Waals surface area contributed by atoms with Crippen molar-refractivity contribution in [1.82, 2.24) is 0 Å². The van der Waals surface area contributed by atoms with E-state index in [9.17, 15) is 18.0 Å². The van der Waals surface area contributed by atoms with E-state index in [0.29, 0.717) is 12.8 Å².